The van der Waals surface area contributed by atoms with E-state index >= 15 is 0 Å². The second-order valence-corrected chi connectivity index (χ2v) is 8.99. The molecule has 2 fully saturated rings. The predicted molar refractivity (Wildman–Crippen MR) is 121 cm³/mol. The fraction of sp³-hybridized carbons (Fsp3) is 0.545. The van der Waals surface area contributed by atoms with Crippen LogP contribution < -0.4 is 10.2 Å². The molecule has 8 heteroatoms. The Bertz CT molecular complexity index is 816. The lowest BCUT2D eigenvalue weighted by Crippen LogP contribution is -2.47. The molecule has 3 unspecified atom stereocenters. The van der Waals surface area contributed by atoms with E-state index in [1.807, 2.05) is 18.2 Å². The Morgan fingerprint density at radius 2 is 1.80 bits per heavy atom. The zero-order chi connectivity index (χ0) is 20.9. The van der Waals surface area contributed by atoms with Crippen LogP contribution in [-0.2, 0) is 0 Å². The first-order valence-corrected chi connectivity index (χ1v) is 11.4. The molecule has 3 atom stereocenters. The maximum atomic E-state index is 14.7. The van der Waals surface area contributed by atoms with E-state index in [4.69, 9.17) is 23.2 Å². The number of hydrogen-bond acceptors (Lipinski definition) is 5. The van der Waals surface area contributed by atoms with E-state index in [0.29, 0.717) is 28.3 Å². The molecular formula is C22H28Cl2FN5. The maximum absolute atomic E-state index is 14.7. The molecule has 1 saturated heterocycles. The molecular weight excluding hydrogens is 424 g/mol. The summed E-state index contributed by atoms with van der Waals surface area (Å²) < 4.78 is 14.7. The van der Waals surface area contributed by atoms with Gasteiger partial charge >= 0.3 is 0 Å². The third-order valence-corrected chi connectivity index (χ3v) is 7.07. The van der Waals surface area contributed by atoms with Gasteiger partial charge in [0.05, 0.1) is 21.8 Å². The Labute approximate surface area is 187 Å². The van der Waals surface area contributed by atoms with Gasteiger partial charge in [-0.2, -0.15) is 0 Å². The molecule has 2 heterocycles. The molecule has 0 amide bonds. The van der Waals surface area contributed by atoms with Crippen LogP contribution in [0.15, 0.2) is 36.7 Å². The highest BCUT2D eigenvalue weighted by molar-refractivity contribution is 6.43. The van der Waals surface area contributed by atoms with E-state index in [0.717, 1.165) is 57.7 Å². The molecule has 0 radical (unpaired) electrons. The standard InChI is InChI=1S/C22H28Cl2FN5/c23-17-3-1-4-20(21(17)24)30-13-11-29(12-14-30)10-7-16-5-6-19(18(25)15-16)28-22-26-8-2-9-27-22/h1-4,8-9,16,18-19H,5-7,10-15H2,(H,26,27,28). The lowest BCUT2D eigenvalue weighted by molar-refractivity contribution is 0.157. The molecule has 1 aliphatic heterocycles. The molecule has 1 aliphatic carbocycles. The quantitative estimate of drug-likeness (QED) is 0.675. The Morgan fingerprint density at radius 1 is 1.03 bits per heavy atom. The van der Waals surface area contributed by atoms with Gasteiger partial charge in [-0.1, -0.05) is 29.3 Å². The summed E-state index contributed by atoms with van der Waals surface area (Å²) in [7, 11) is 0. The van der Waals surface area contributed by atoms with Gasteiger partial charge in [0.25, 0.3) is 0 Å². The average molecular weight is 452 g/mol. The average Bonchev–Trinajstić information content (AvgIpc) is 2.77. The number of benzene rings is 1. The minimum absolute atomic E-state index is 0.186. The Hall–Kier alpha value is -1.63. The summed E-state index contributed by atoms with van der Waals surface area (Å²) >= 11 is 12.5. The summed E-state index contributed by atoms with van der Waals surface area (Å²) in [4.78, 5) is 13.1. The Morgan fingerprint density at radius 3 is 2.53 bits per heavy atom. The summed E-state index contributed by atoms with van der Waals surface area (Å²) in [5.41, 5.74) is 1.01. The number of aromatic nitrogens is 2. The molecule has 1 saturated carbocycles. The molecule has 1 aromatic heterocycles. The van der Waals surface area contributed by atoms with Crippen LogP contribution in [-0.4, -0.2) is 59.8 Å². The van der Waals surface area contributed by atoms with E-state index in [1.54, 1.807) is 18.5 Å². The SMILES string of the molecule is FC1CC(CCN2CCN(c3cccc(Cl)c3Cl)CC2)CCC1Nc1ncccn1. The van der Waals surface area contributed by atoms with Gasteiger partial charge in [-0.25, -0.2) is 14.4 Å². The number of hydrogen-bond donors (Lipinski definition) is 1. The maximum Gasteiger partial charge on any atom is 0.222 e. The van der Waals surface area contributed by atoms with E-state index < -0.39 is 6.17 Å². The highest BCUT2D eigenvalue weighted by atomic mass is 35.5. The van der Waals surface area contributed by atoms with Crippen molar-refractivity contribution < 1.29 is 4.39 Å². The third kappa shape index (κ3) is 5.34. The zero-order valence-electron chi connectivity index (χ0n) is 17.0. The molecule has 5 nitrogen and oxygen atoms in total. The number of nitrogens with zero attached hydrogens (tertiary/aromatic N) is 4. The van der Waals surface area contributed by atoms with Crippen molar-refractivity contribution in [1.29, 1.82) is 0 Å². The largest absolute Gasteiger partial charge is 0.368 e. The molecule has 2 aliphatic rings. The lowest BCUT2D eigenvalue weighted by Gasteiger charge is -2.38. The summed E-state index contributed by atoms with van der Waals surface area (Å²) in [5, 5.41) is 4.38. The van der Waals surface area contributed by atoms with Crippen molar-refractivity contribution in [3.8, 4) is 0 Å². The van der Waals surface area contributed by atoms with Gasteiger partial charge in [0, 0.05) is 38.6 Å². The number of alkyl halides is 1. The number of nitrogens with one attached hydrogen (secondary N) is 1. The number of rotatable bonds is 6. The van der Waals surface area contributed by atoms with Gasteiger partial charge in [-0.3, -0.25) is 4.90 Å². The molecule has 2 aromatic rings. The Balaban J connectivity index is 1.20. The summed E-state index contributed by atoms with van der Waals surface area (Å²) in [6.45, 7) is 4.86. The topological polar surface area (TPSA) is 44.3 Å². The van der Waals surface area contributed by atoms with Crippen molar-refractivity contribution in [1.82, 2.24) is 14.9 Å². The smallest absolute Gasteiger partial charge is 0.222 e. The molecule has 30 heavy (non-hydrogen) atoms. The molecule has 0 spiro atoms. The highest BCUT2D eigenvalue weighted by Gasteiger charge is 2.31. The van der Waals surface area contributed by atoms with Crippen LogP contribution in [0.3, 0.4) is 0 Å². The van der Waals surface area contributed by atoms with Crippen molar-refractivity contribution >= 4 is 34.8 Å². The summed E-state index contributed by atoms with van der Waals surface area (Å²) in [6, 6.07) is 7.36. The van der Waals surface area contributed by atoms with E-state index in [2.05, 4.69) is 25.1 Å². The van der Waals surface area contributed by atoms with Gasteiger partial charge in [-0.05, 0) is 56.3 Å². The van der Waals surface area contributed by atoms with E-state index in [-0.39, 0.29) is 6.04 Å². The second kappa shape index (κ2) is 10.1. The lowest BCUT2D eigenvalue weighted by atomic mass is 9.82. The van der Waals surface area contributed by atoms with Crippen LogP contribution in [0.4, 0.5) is 16.0 Å². The predicted octanol–water partition coefficient (Wildman–Crippen LogP) is 4.91. The number of piperazine rings is 1. The van der Waals surface area contributed by atoms with Gasteiger partial charge in [0.15, 0.2) is 0 Å². The summed E-state index contributed by atoms with van der Waals surface area (Å²) in [6.07, 6.45) is 6.03. The second-order valence-electron chi connectivity index (χ2n) is 8.21. The molecule has 1 aromatic carbocycles. The van der Waals surface area contributed by atoms with Gasteiger partial charge in [0.2, 0.25) is 5.95 Å². The monoisotopic (exact) mass is 451 g/mol. The van der Waals surface area contributed by atoms with Gasteiger partial charge < -0.3 is 10.2 Å². The first-order chi connectivity index (χ1) is 14.6. The van der Waals surface area contributed by atoms with Crippen molar-refractivity contribution in [2.75, 3.05) is 42.9 Å². The van der Waals surface area contributed by atoms with Crippen LogP contribution in [0.25, 0.3) is 0 Å². The number of anilines is 2. The van der Waals surface area contributed by atoms with Crippen LogP contribution in [0, 0.1) is 5.92 Å². The van der Waals surface area contributed by atoms with Crippen LogP contribution in [0.1, 0.15) is 25.7 Å². The van der Waals surface area contributed by atoms with Crippen LogP contribution >= 0.6 is 23.2 Å². The van der Waals surface area contributed by atoms with E-state index in [9.17, 15) is 4.39 Å². The van der Waals surface area contributed by atoms with Crippen LogP contribution in [0.5, 0.6) is 0 Å². The molecule has 162 valence electrons. The minimum atomic E-state index is -0.852. The first-order valence-electron chi connectivity index (χ1n) is 10.7. The van der Waals surface area contributed by atoms with Crippen molar-refractivity contribution in [2.45, 2.75) is 37.9 Å². The normalized spacial score (nSPS) is 25.3. The minimum Gasteiger partial charge on any atom is -0.368 e. The fourth-order valence-corrected chi connectivity index (χ4v) is 4.89. The van der Waals surface area contributed by atoms with E-state index in [1.165, 1.54) is 0 Å². The molecule has 4 rings (SSSR count). The Kier molecular flexibility index (Phi) is 7.28. The van der Waals surface area contributed by atoms with Crippen molar-refractivity contribution in [3.63, 3.8) is 0 Å². The van der Waals surface area contributed by atoms with Crippen LogP contribution in [0.2, 0.25) is 10.0 Å². The van der Waals surface area contributed by atoms with Crippen molar-refractivity contribution in [2.24, 2.45) is 5.92 Å². The third-order valence-electron chi connectivity index (χ3n) is 6.26. The highest BCUT2D eigenvalue weighted by Crippen LogP contribution is 2.33. The number of halogens is 3. The van der Waals surface area contributed by atoms with Crippen molar-refractivity contribution in [3.05, 3.63) is 46.7 Å². The fourth-order valence-electron chi connectivity index (χ4n) is 4.48. The van der Waals surface area contributed by atoms with Gasteiger partial charge in [-0.15, -0.1) is 0 Å². The zero-order valence-corrected chi connectivity index (χ0v) is 18.5. The molecule has 0 bridgehead atoms. The molecule has 1 N–H and O–H groups in total. The summed E-state index contributed by atoms with van der Waals surface area (Å²) in [5.74, 6) is 0.955. The first kappa shape index (κ1) is 21.6. The van der Waals surface area contributed by atoms with Gasteiger partial charge in [0.1, 0.15) is 6.17 Å².